The van der Waals surface area contributed by atoms with Crippen molar-refractivity contribution in [3.05, 3.63) is 33.4 Å². The standard InChI is InChI=1S/C11H9NOS2/c13-11-12-9-5-4-8(3-1-2-6-14)7-10(9)15-11/h4-5,7,14H,2,6H2,(H,12,13). The van der Waals surface area contributed by atoms with Gasteiger partial charge in [0.1, 0.15) is 0 Å². The highest BCUT2D eigenvalue weighted by atomic mass is 32.1. The van der Waals surface area contributed by atoms with Crippen LogP contribution in [0.2, 0.25) is 0 Å². The molecule has 15 heavy (non-hydrogen) atoms. The van der Waals surface area contributed by atoms with Crippen LogP contribution in [0.3, 0.4) is 0 Å². The Balaban J connectivity index is 2.39. The van der Waals surface area contributed by atoms with E-state index in [1.54, 1.807) is 0 Å². The summed E-state index contributed by atoms with van der Waals surface area (Å²) in [5.41, 5.74) is 1.82. The van der Waals surface area contributed by atoms with Gasteiger partial charge in [-0.2, -0.15) is 12.6 Å². The maximum absolute atomic E-state index is 11.1. The van der Waals surface area contributed by atoms with Gasteiger partial charge in [0.2, 0.25) is 0 Å². The Labute approximate surface area is 96.7 Å². The summed E-state index contributed by atoms with van der Waals surface area (Å²) in [6.07, 6.45) is 0.782. The van der Waals surface area contributed by atoms with E-state index in [1.165, 1.54) is 11.3 Å². The first-order valence-corrected chi connectivity index (χ1v) is 5.97. The lowest BCUT2D eigenvalue weighted by atomic mass is 10.2. The summed E-state index contributed by atoms with van der Waals surface area (Å²) >= 11 is 5.29. The maximum atomic E-state index is 11.1. The van der Waals surface area contributed by atoms with Gasteiger partial charge in [-0.15, -0.1) is 0 Å². The van der Waals surface area contributed by atoms with Crippen LogP contribution in [0.15, 0.2) is 23.0 Å². The third kappa shape index (κ3) is 2.44. The highest BCUT2D eigenvalue weighted by Crippen LogP contribution is 2.15. The van der Waals surface area contributed by atoms with E-state index in [9.17, 15) is 4.79 Å². The number of thiol groups is 1. The number of H-pyrrole nitrogens is 1. The zero-order valence-corrected chi connectivity index (χ0v) is 9.62. The van der Waals surface area contributed by atoms with Gasteiger partial charge >= 0.3 is 4.87 Å². The Morgan fingerprint density at radius 3 is 3.13 bits per heavy atom. The Morgan fingerprint density at radius 1 is 1.47 bits per heavy atom. The molecular weight excluding hydrogens is 226 g/mol. The van der Waals surface area contributed by atoms with Crippen molar-refractivity contribution in [3.63, 3.8) is 0 Å². The third-order valence-corrected chi connectivity index (χ3v) is 2.96. The number of aromatic amines is 1. The van der Waals surface area contributed by atoms with Crippen LogP contribution in [0, 0.1) is 11.8 Å². The summed E-state index contributed by atoms with van der Waals surface area (Å²) in [5, 5.41) is 0. The molecule has 1 N–H and O–H groups in total. The van der Waals surface area contributed by atoms with Gasteiger partial charge in [-0.05, 0) is 18.2 Å². The number of hydrogen-bond donors (Lipinski definition) is 2. The van der Waals surface area contributed by atoms with Crippen LogP contribution in [0.4, 0.5) is 0 Å². The molecular formula is C11H9NOS2. The van der Waals surface area contributed by atoms with Crippen LogP contribution in [0.5, 0.6) is 0 Å². The zero-order chi connectivity index (χ0) is 10.7. The molecule has 0 unspecified atom stereocenters. The van der Waals surface area contributed by atoms with Crippen molar-refractivity contribution in [3.8, 4) is 11.8 Å². The van der Waals surface area contributed by atoms with Crippen molar-refractivity contribution in [2.75, 3.05) is 5.75 Å². The van der Waals surface area contributed by atoms with Gasteiger partial charge < -0.3 is 4.98 Å². The molecule has 1 heterocycles. The van der Waals surface area contributed by atoms with Gasteiger partial charge in [-0.25, -0.2) is 0 Å². The van der Waals surface area contributed by atoms with Crippen molar-refractivity contribution in [2.45, 2.75) is 6.42 Å². The van der Waals surface area contributed by atoms with Crippen LogP contribution in [0.25, 0.3) is 10.2 Å². The predicted octanol–water partition coefficient (Wildman–Crippen LogP) is 2.26. The first-order chi connectivity index (χ1) is 7.29. The van der Waals surface area contributed by atoms with Crippen LogP contribution < -0.4 is 4.87 Å². The lowest BCUT2D eigenvalue weighted by Crippen LogP contribution is -1.89. The molecule has 0 aliphatic carbocycles. The summed E-state index contributed by atoms with van der Waals surface area (Å²) < 4.78 is 0.956. The van der Waals surface area contributed by atoms with E-state index in [0.29, 0.717) is 0 Å². The Hall–Kier alpha value is -1.18. The lowest BCUT2D eigenvalue weighted by Gasteiger charge is -1.90. The van der Waals surface area contributed by atoms with Crippen LogP contribution in [-0.4, -0.2) is 10.7 Å². The molecule has 4 heteroatoms. The van der Waals surface area contributed by atoms with E-state index in [1.807, 2.05) is 18.2 Å². The molecule has 0 spiro atoms. The van der Waals surface area contributed by atoms with Crippen molar-refractivity contribution >= 4 is 34.2 Å². The summed E-state index contributed by atoms with van der Waals surface area (Å²) in [4.78, 5) is 13.8. The van der Waals surface area contributed by atoms with E-state index in [0.717, 1.165) is 28.0 Å². The normalized spacial score (nSPS) is 9.93. The molecule has 76 valence electrons. The van der Waals surface area contributed by atoms with Crippen LogP contribution in [-0.2, 0) is 0 Å². The zero-order valence-electron chi connectivity index (χ0n) is 7.91. The van der Waals surface area contributed by atoms with Crippen molar-refractivity contribution in [1.82, 2.24) is 4.98 Å². The first-order valence-electron chi connectivity index (χ1n) is 4.52. The molecule has 2 nitrogen and oxygen atoms in total. The van der Waals surface area contributed by atoms with Crippen molar-refractivity contribution < 1.29 is 0 Å². The third-order valence-electron chi connectivity index (χ3n) is 1.89. The summed E-state index contributed by atoms with van der Waals surface area (Å²) in [5.74, 6) is 6.82. The second-order valence-corrected chi connectivity index (χ2v) is 4.46. The topological polar surface area (TPSA) is 32.9 Å². The van der Waals surface area contributed by atoms with Gasteiger partial charge in [0.15, 0.2) is 0 Å². The van der Waals surface area contributed by atoms with E-state index < -0.39 is 0 Å². The molecule has 1 aromatic heterocycles. The van der Waals surface area contributed by atoms with E-state index >= 15 is 0 Å². The number of nitrogens with one attached hydrogen (secondary N) is 1. The molecule has 0 radical (unpaired) electrons. The van der Waals surface area contributed by atoms with Gasteiger partial charge in [0.05, 0.1) is 10.2 Å². The lowest BCUT2D eigenvalue weighted by molar-refractivity contribution is 1.31. The van der Waals surface area contributed by atoms with Gasteiger partial charge in [0.25, 0.3) is 0 Å². The SMILES string of the molecule is O=c1[nH]c2ccc(C#CCCS)cc2s1. The second-order valence-electron chi connectivity index (χ2n) is 3.00. The fourth-order valence-electron chi connectivity index (χ4n) is 1.24. The fourth-order valence-corrected chi connectivity index (χ4v) is 2.13. The summed E-state index contributed by atoms with van der Waals surface area (Å²) in [7, 11) is 0. The number of hydrogen-bond acceptors (Lipinski definition) is 3. The van der Waals surface area contributed by atoms with Crippen molar-refractivity contribution in [1.29, 1.82) is 0 Å². The monoisotopic (exact) mass is 235 g/mol. The molecule has 0 amide bonds. The minimum Gasteiger partial charge on any atom is -0.312 e. The van der Waals surface area contributed by atoms with Crippen molar-refractivity contribution in [2.24, 2.45) is 0 Å². The smallest absolute Gasteiger partial charge is 0.305 e. The molecule has 0 fully saturated rings. The largest absolute Gasteiger partial charge is 0.312 e. The van der Waals surface area contributed by atoms with Crippen LogP contribution in [0.1, 0.15) is 12.0 Å². The fraction of sp³-hybridized carbons (Fsp3) is 0.182. The number of rotatable bonds is 1. The summed E-state index contributed by atoms with van der Waals surface area (Å²) in [6, 6.07) is 5.73. The molecule has 1 aromatic carbocycles. The number of benzene rings is 1. The summed E-state index contributed by atoms with van der Waals surface area (Å²) in [6.45, 7) is 0. The molecule has 0 bridgehead atoms. The predicted molar refractivity (Wildman–Crippen MR) is 67.8 cm³/mol. The Kier molecular flexibility index (Phi) is 3.14. The Morgan fingerprint density at radius 2 is 2.33 bits per heavy atom. The second kappa shape index (κ2) is 4.56. The minimum atomic E-state index is -0.0227. The molecule has 0 aliphatic heterocycles. The first kappa shape index (κ1) is 10.3. The van der Waals surface area contributed by atoms with E-state index in [2.05, 4.69) is 29.5 Å². The molecule has 2 aromatic rings. The number of fused-ring (bicyclic) bond motifs is 1. The molecule has 0 atom stereocenters. The van der Waals surface area contributed by atoms with E-state index in [4.69, 9.17) is 0 Å². The average Bonchev–Trinajstić information content (AvgIpc) is 2.57. The highest BCUT2D eigenvalue weighted by Gasteiger charge is 1.98. The quantitative estimate of drug-likeness (QED) is 0.577. The minimum absolute atomic E-state index is 0.0227. The van der Waals surface area contributed by atoms with Gasteiger partial charge in [-0.3, -0.25) is 4.79 Å². The number of thiazole rings is 1. The molecule has 0 aliphatic rings. The highest BCUT2D eigenvalue weighted by molar-refractivity contribution is 7.80. The number of aromatic nitrogens is 1. The Bertz CT molecular complexity index is 586. The average molecular weight is 235 g/mol. The van der Waals surface area contributed by atoms with E-state index in [-0.39, 0.29) is 4.87 Å². The van der Waals surface area contributed by atoms with Gasteiger partial charge in [0, 0.05) is 17.7 Å². The molecule has 2 rings (SSSR count). The molecule has 0 saturated heterocycles. The van der Waals surface area contributed by atoms with Gasteiger partial charge in [-0.1, -0.05) is 23.2 Å². The van der Waals surface area contributed by atoms with Crippen LogP contribution >= 0.6 is 24.0 Å². The molecule has 0 saturated carbocycles. The maximum Gasteiger partial charge on any atom is 0.305 e.